The lowest BCUT2D eigenvalue weighted by atomic mass is 10.1. The van der Waals surface area contributed by atoms with E-state index in [4.69, 9.17) is 5.73 Å². The molecule has 2 aromatic rings. The molecule has 2 atom stereocenters. The van der Waals surface area contributed by atoms with Gasteiger partial charge in [-0.2, -0.15) is 0 Å². The van der Waals surface area contributed by atoms with Crippen LogP contribution in [0.25, 0.3) is 11.0 Å². The monoisotopic (exact) mass is 274 g/mol. The van der Waals surface area contributed by atoms with Crippen molar-refractivity contribution in [3.63, 3.8) is 0 Å². The molecule has 1 amide bonds. The fraction of sp³-hybridized carbons (Fsp3) is 0.462. The molecule has 4 N–H and O–H groups in total. The molecule has 1 aliphatic rings. The molecule has 0 bridgehead atoms. The Hall–Kier alpha value is -2.15. The van der Waals surface area contributed by atoms with Crippen molar-refractivity contribution >= 4 is 22.8 Å². The topological polar surface area (TPSA) is 99.9 Å². The molecule has 1 fully saturated rings. The predicted molar refractivity (Wildman–Crippen MR) is 76.3 cm³/mol. The fourth-order valence-electron chi connectivity index (χ4n) is 2.73. The van der Waals surface area contributed by atoms with Crippen molar-refractivity contribution < 1.29 is 4.79 Å². The number of nitrogens with two attached hydrogens (primary N) is 1. The Balaban J connectivity index is 1.98. The Labute approximate surface area is 116 Å². The van der Waals surface area contributed by atoms with E-state index in [-0.39, 0.29) is 18.0 Å². The Morgan fingerprint density at radius 1 is 1.60 bits per heavy atom. The minimum absolute atomic E-state index is 0.00254. The number of hydrogen-bond acceptors (Lipinski definition) is 5. The van der Waals surface area contributed by atoms with Gasteiger partial charge >= 0.3 is 0 Å². The first-order chi connectivity index (χ1) is 9.70. The molecule has 0 saturated carbocycles. The summed E-state index contributed by atoms with van der Waals surface area (Å²) in [5.74, 6) is 0.767. The number of anilines is 1. The highest BCUT2D eigenvalue weighted by molar-refractivity contribution is 5.92. The predicted octanol–water partition coefficient (Wildman–Crippen LogP) is 0.00000000000000139. The number of fused-ring (bicyclic) bond motifs is 1. The number of hydrogen-bond donors (Lipinski definition) is 3. The quantitative estimate of drug-likeness (QED) is 0.731. The number of aromatic amines is 1. The summed E-state index contributed by atoms with van der Waals surface area (Å²) in [6, 6.07) is 1.63. The number of likely N-dealkylation sites (N-methyl/N-ethyl adjacent to an activating group) is 1. The fourth-order valence-corrected chi connectivity index (χ4v) is 2.73. The van der Waals surface area contributed by atoms with Crippen molar-refractivity contribution in [2.45, 2.75) is 25.4 Å². The van der Waals surface area contributed by atoms with Gasteiger partial charge in [-0.25, -0.2) is 9.97 Å². The molecule has 0 unspecified atom stereocenters. The van der Waals surface area contributed by atoms with E-state index in [2.05, 4.69) is 20.3 Å². The Morgan fingerprint density at radius 3 is 3.25 bits per heavy atom. The molecule has 106 valence electrons. The maximum Gasteiger partial charge on any atom is 0.242 e. The molecule has 0 radical (unpaired) electrons. The largest absolute Gasteiger partial charge is 0.355 e. The van der Waals surface area contributed by atoms with E-state index in [1.54, 1.807) is 0 Å². The second-order valence-corrected chi connectivity index (χ2v) is 5.00. The average Bonchev–Trinajstić information content (AvgIpc) is 3.04. The number of nitrogens with one attached hydrogen (secondary N) is 2. The van der Waals surface area contributed by atoms with Crippen molar-refractivity contribution in [1.29, 1.82) is 0 Å². The average molecular weight is 274 g/mol. The highest BCUT2D eigenvalue weighted by atomic mass is 16.2. The van der Waals surface area contributed by atoms with Crippen LogP contribution in [0.1, 0.15) is 13.3 Å². The lowest BCUT2D eigenvalue weighted by Crippen LogP contribution is -2.43. The van der Waals surface area contributed by atoms with Crippen LogP contribution in [0.4, 0.5) is 5.82 Å². The van der Waals surface area contributed by atoms with Gasteiger partial charge in [-0.3, -0.25) is 4.79 Å². The van der Waals surface area contributed by atoms with Gasteiger partial charge in [0, 0.05) is 25.3 Å². The van der Waals surface area contributed by atoms with E-state index < -0.39 is 0 Å². The van der Waals surface area contributed by atoms with Gasteiger partial charge in [0.25, 0.3) is 0 Å². The van der Waals surface area contributed by atoms with Gasteiger partial charge in [0.2, 0.25) is 5.91 Å². The number of amides is 1. The van der Waals surface area contributed by atoms with Crippen molar-refractivity contribution in [3.8, 4) is 0 Å². The second kappa shape index (κ2) is 5.09. The van der Waals surface area contributed by atoms with Gasteiger partial charge in [0.15, 0.2) is 0 Å². The van der Waals surface area contributed by atoms with E-state index in [9.17, 15) is 4.79 Å². The van der Waals surface area contributed by atoms with Gasteiger partial charge in [0.1, 0.15) is 23.8 Å². The molecule has 1 saturated heterocycles. The lowest BCUT2D eigenvalue weighted by molar-refractivity contribution is -0.122. The van der Waals surface area contributed by atoms with Crippen molar-refractivity contribution in [1.82, 2.24) is 20.3 Å². The van der Waals surface area contributed by atoms with Crippen molar-refractivity contribution in [2.24, 2.45) is 5.73 Å². The first-order valence-corrected chi connectivity index (χ1v) is 6.78. The summed E-state index contributed by atoms with van der Waals surface area (Å²) >= 11 is 0. The number of rotatable bonds is 3. The summed E-state index contributed by atoms with van der Waals surface area (Å²) in [4.78, 5) is 25.7. The number of nitrogens with zero attached hydrogens (tertiary/aromatic N) is 3. The van der Waals surface area contributed by atoms with Crippen LogP contribution in [0.2, 0.25) is 0 Å². The Morgan fingerprint density at radius 2 is 2.45 bits per heavy atom. The van der Waals surface area contributed by atoms with Crippen LogP contribution in [0.5, 0.6) is 0 Å². The molecule has 20 heavy (non-hydrogen) atoms. The molecule has 0 aliphatic carbocycles. The SMILES string of the molecule is CCNC(=O)[C@@H]1C[C@@H](N)CN1c1ncnc2[nH]ccc12. The summed E-state index contributed by atoms with van der Waals surface area (Å²) in [6.07, 6.45) is 3.97. The molecule has 7 heteroatoms. The van der Waals surface area contributed by atoms with Crippen LogP contribution in [-0.2, 0) is 4.79 Å². The van der Waals surface area contributed by atoms with Gasteiger partial charge in [0.05, 0.1) is 5.39 Å². The minimum Gasteiger partial charge on any atom is -0.355 e. The van der Waals surface area contributed by atoms with Gasteiger partial charge in [-0.15, -0.1) is 0 Å². The third-order valence-corrected chi connectivity index (χ3v) is 3.59. The number of carbonyl (C=O) groups excluding carboxylic acids is 1. The zero-order valence-electron chi connectivity index (χ0n) is 11.3. The number of carbonyl (C=O) groups is 1. The standard InChI is InChI=1S/C13H18N6O/c1-2-15-13(20)10-5-8(14)6-19(10)12-9-3-4-16-11(9)17-7-18-12/h3-4,7-8,10H,2,5-6,14H2,1H3,(H,15,20)(H,16,17,18)/t8-,10+/m1/s1. The minimum atomic E-state index is -0.266. The Bertz CT molecular complexity index is 624. The van der Waals surface area contributed by atoms with Crippen molar-refractivity contribution in [2.75, 3.05) is 18.0 Å². The summed E-state index contributed by atoms with van der Waals surface area (Å²) < 4.78 is 0. The van der Waals surface area contributed by atoms with Gasteiger partial charge < -0.3 is 20.9 Å². The van der Waals surface area contributed by atoms with E-state index in [0.717, 1.165) is 16.9 Å². The molecule has 0 spiro atoms. The highest BCUT2D eigenvalue weighted by Gasteiger charge is 2.36. The summed E-state index contributed by atoms with van der Waals surface area (Å²) in [6.45, 7) is 3.15. The van der Waals surface area contributed by atoms with E-state index in [1.807, 2.05) is 24.1 Å². The molecule has 1 aliphatic heterocycles. The third kappa shape index (κ3) is 2.09. The molecule has 2 aromatic heterocycles. The van der Waals surface area contributed by atoms with Crippen LogP contribution >= 0.6 is 0 Å². The molecule has 7 nitrogen and oxygen atoms in total. The molecule has 3 rings (SSSR count). The van der Waals surface area contributed by atoms with Crippen LogP contribution in [-0.4, -0.2) is 46.0 Å². The maximum atomic E-state index is 12.2. The van der Waals surface area contributed by atoms with Crippen molar-refractivity contribution in [3.05, 3.63) is 18.6 Å². The zero-order chi connectivity index (χ0) is 14.1. The zero-order valence-corrected chi connectivity index (χ0v) is 11.3. The normalized spacial score (nSPS) is 22.4. The first kappa shape index (κ1) is 12.9. The number of H-pyrrole nitrogens is 1. The summed E-state index contributed by atoms with van der Waals surface area (Å²) in [7, 11) is 0. The van der Waals surface area contributed by atoms with Crippen LogP contribution in [0.15, 0.2) is 18.6 Å². The third-order valence-electron chi connectivity index (χ3n) is 3.59. The molecule has 3 heterocycles. The van der Waals surface area contributed by atoms with E-state index in [1.165, 1.54) is 6.33 Å². The highest BCUT2D eigenvalue weighted by Crippen LogP contribution is 2.28. The van der Waals surface area contributed by atoms with Crippen LogP contribution < -0.4 is 16.0 Å². The van der Waals surface area contributed by atoms with E-state index in [0.29, 0.717) is 19.5 Å². The van der Waals surface area contributed by atoms with Crippen LogP contribution in [0, 0.1) is 0 Å². The van der Waals surface area contributed by atoms with Gasteiger partial charge in [-0.05, 0) is 19.4 Å². The van der Waals surface area contributed by atoms with Crippen LogP contribution in [0.3, 0.4) is 0 Å². The second-order valence-electron chi connectivity index (χ2n) is 5.00. The maximum absolute atomic E-state index is 12.2. The molecular weight excluding hydrogens is 256 g/mol. The molecular formula is C13H18N6O. The summed E-state index contributed by atoms with van der Waals surface area (Å²) in [5, 5.41) is 3.78. The van der Waals surface area contributed by atoms with E-state index >= 15 is 0 Å². The summed E-state index contributed by atoms with van der Waals surface area (Å²) in [5.41, 5.74) is 6.80. The smallest absolute Gasteiger partial charge is 0.242 e. The number of aromatic nitrogens is 3. The molecule has 0 aromatic carbocycles. The van der Waals surface area contributed by atoms with Gasteiger partial charge in [-0.1, -0.05) is 0 Å². The lowest BCUT2D eigenvalue weighted by Gasteiger charge is -2.24. The Kier molecular flexibility index (Phi) is 3.27. The first-order valence-electron chi connectivity index (χ1n) is 6.78.